The summed E-state index contributed by atoms with van der Waals surface area (Å²) in [4.78, 5) is 11.1. The SMILES string of the molecule is COc1cc(OC)c(OC)c(Pc2ccc(F)cc2C=O)c1. The lowest BCUT2D eigenvalue weighted by Gasteiger charge is -2.15. The number of benzene rings is 2. The second-order valence-electron chi connectivity index (χ2n) is 4.38. The van der Waals surface area contributed by atoms with Gasteiger partial charge in [0.25, 0.3) is 0 Å². The summed E-state index contributed by atoms with van der Waals surface area (Å²) in [6, 6.07) is 7.69. The van der Waals surface area contributed by atoms with Crippen LogP contribution in [0.15, 0.2) is 30.3 Å². The average molecular weight is 322 g/mol. The van der Waals surface area contributed by atoms with Crippen LogP contribution in [0.1, 0.15) is 10.4 Å². The van der Waals surface area contributed by atoms with Gasteiger partial charge in [0.2, 0.25) is 0 Å². The molecule has 4 nitrogen and oxygen atoms in total. The van der Waals surface area contributed by atoms with Gasteiger partial charge in [0, 0.05) is 16.9 Å². The van der Waals surface area contributed by atoms with E-state index in [0.29, 0.717) is 29.1 Å². The van der Waals surface area contributed by atoms with Crippen LogP contribution in [0.25, 0.3) is 0 Å². The van der Waals surface area contributed by atoms with Crippen LogP contribution in [0.5, 0.6) is 17.2 Å². The van der Waals surface area contributed by atoms with Crippen LogP contribution >= 0.6 is 8.58 Å². The molecule has 1 unspecified atom stereocenters. The van der Waals surface area contributed by atoms with E-state index in [1.165, 1.54) is 12.1 Å². The molecule has 0 saturated carbocycles. The molecule has 0 saturated heterocycles. The number of aldehydes is 1. The zero-order valence-corrected chi connectivity index (χ0v) is 13.5. The highest BCUT2D eigenvalue weighted by atomic mass is 31.1. The van der Waals surface area contributed by atoms with Gasteiger partial charge in [0.15, 0.2) is 17.8 Å². The number of hydrogen-bond donors (Lipinski definition) is 0. The highest BCUT2D eigenvalue weighted by molar-refractivity contribution is 7.56. The molecule has 2 aromatic rings. The molecular weight excluding hydrogens is 306 g/mol. The minimum atomic E-state index is -0.439. The third-order valence-electron chi connectivity index (χ3n) is 3.10. The summed E-state index contributed by atoms with van der Waals surface area (Å²) < 4.78 is 29.2. The van der Waals surface area contributed by atoms with Crippen molar-refractivity contribution >= 4 is 25.5 Å². The van der Waals surface area contributed by atoms with E-state index in [0.717, 1.165) is 10.6 Å². The maximum Gasteiger partial charge on any atom is 0.168 e. The predicted octanol–water partition coefficient (Wildman–Crippen LogP) is 2.29. The highest BCUT2D eigenvalue weighted by Gasteiger charge is 2.15. The van der Waals surface area contributed by atoms with Crippen molar-refractivity contribution in [2.45, 2.75) is 0 Å². The summed E-state index contributed by atoms with van der Waals surface area (Å²) in [5.41, 5.74) is 0.321. The molecule has 0 aliphatic carbocycles. The predicted molar refractivity (Wildman–Crippen MR) is 85.5 cm³/mol. The Bertz CT molecular complexity index is 688. The first-order valence-corrected chi connectivity index (χ1v) is 7.44. The molecular formula is C16H16FO4P. The van der Waals surface area contributed by atoms with E-state index in [2.05, 4.69) is 0 Å². The van der Waals surface area contributed by atoms with Crippen molar-refractivity contribution in [2.24, 2.45) is 0 Å². The van der Waals surface area contributed by atoms with E-state index >= 15 is 0 Å². The normalized spacial score (nSPS) is 10.7. The third kappa shape index (κ3) is 3.37. The number of rotatable bonds is 6. The number of ether oxygens (including phenoxy) is 3. The lowest BCUT2D eigenvalue weighted by atomic mass is 10.2. The fraction of sp³-hybridized carbons (Fsp3) is 0.188. The zero-order chi connectivity index (χ0) is 16.1. The molecule has 116 valence electrons. The van der Waals surface area contributed by atoms with Gasteiger partial charge in [-0.25, -0.2) is 4.39 Å². The van der Waals surface area contributed by atoms with Crippen molar-refractivity contribution in [1.82, 2.24) is 0 Å². The van der Waals surface area contributed by atoms with E-state index < -0.39 is 5.82 Å². The Morgan fingerprint density at radius 3 is 2.36 bits per heavy atom. The van der Waals surface area contributed by atoms with Crippen LogP contribution in [-0.2, 0) is 0 Å². The van der Waals surface area contributed by atoms with Crippen LogP contribution in [-0.4, -0.2) is 27.6 Å². The van der Waals surface area contributed by atoms with Crippen molar-refractivity contribution in [3.63, 3.8) is 0 Å². The van der Waals surface area contributed by atoms with Gasteiger partial charge >= 0.3 is 0 Å². The Balaban J connectivity index is 2.50. The maximum atomic E-state index is 13.2. The summed E-state index contributed by atoms with van der Waals surface area (Å²) in [5, 5.41) is 1.54. The minimum absolute atomic E-state index is 0.100. The van der Waals surface area contributed by atoms with Gasteiger partial charge in [0.05, 0.1) is 21.3 Å². The number of methoxy groups -OCH3 is 3. The Labute approximate surface area is 130 Å². The topological polar surface area (TPSA) is 44.8 Å². The molecule has 0 amide bonds. The van der Waals surface area contributed by atoms with Crippen molar-refractivity contribution in [2.75, 3.05) is 21.3 Å². The fourth-order valence-corrected chi connectivity index (χ4v) is 3.33. The Morgan fingerprint density at radius 1 is 1.00 bits per heavy atom. The second-order valence-corrected chi connectivity index (χ2v) is 5.71. The Kier molecular flexibility index (Phi) is 5.34. The summed E-state index contributed by atoms with van der Waals surface area (Å²) in [6.07, 6.45) is 0.648. The molecule has 0 aliphatic heterocycles. The molecule has 0 heterocycles. The molecule has 1 atom stereocenters. The van der Waals surface area contributed by atoms with E-state index in [1.807, 2.05) is 6.07 Å². The lowest BCUT2D eigenvalue weighted by Crippen LogP contribution is -2.12. The Morgan fingerprint density at radius 2 is 1.77 bits per heavy atom. The van der Waals surface area contributed by atoms with E-state index in [1.54, 1.807) is 33.5 Å². The molecule has 0 N–H and O–H groups in total. The highest BCUT2D eigenvalue weighted by Crippen LogP contribution is 2.34. The van der Waals surface area contributed by atoms with Crippen LogP contribution < -0.4 is 24.8 Å². The maximum absolute atomic E-state index is 13.2. The van der Waals surface area contributed by atoms with E-state index in [-0.39, 0.29) is 8.58 Å². The van der Waals surface area contributed by atoms with Gasteiger partial charge in [-0.15, -0.1) is 0 Å². The number of carbonyl (C=O) groups is 1. The summed E-state index contributed by atoms with van der Waals surface area (Å²) in [7, 11) is 4.74. The van der Waals surface area contributed by atoms with Crippen molar-refractivity contribution in [3.8, 4) is 17.2 Å². The first-order valence-electron chi connectivity index (χ1n) is 6.44. The average Bonchev–Trinajstić information content (AvgIpc) is 2.55. The van der Waals surface area contributed by atoms with E-state index in [4.69, 9.17) is 14.2 Å². The molecule has 0 spiro atoms. The minimum Gasteiger partial charge on any atom is -0.497 e. The molecule has 2 rings (SSSR count). The number of carbonyl (C=O) groups excluding carboxylic acids is 1. The summed E-state index contributed by atoms with van der Waals surface area (Å²) in [6.45, 7) is 0. The third-order valence-corrected chi connectivity index (χ3v) is 4.46. The quantitative estimate of drug-likeness (QED) is 0.605. The molecule has 0 aliphatic rings. The van der Waals surface area contributed by atoms with Crippen molar-refractivity contribution in [1.29, 1.82) is 0 Å². The molecule has 0 aromatic heterocycles. The van der Waals surface area contributed by atoms with Crippen molar-refractivity contribution in [3.05, 3.63) is 41.7 Å². The molecule has 22 heavy (non-hydrogen) atoms. The fourth-order valence-electron chi connectivity index (χ4n) is 2.04. The smallest absolute Gasteiger partial charge is 0.168 e. The van der Waals surface area contributed by atoms with Crippen LogP contribution in [0.3, 0.4) is 0 Å². The first-order chi connectivity index (χ1) is 10.6. The second kappa shape index (κ2) is 7.23. The van der Waals surface area contributed by atoms with Crippen LogP contribution in [0, 0.1) is 5.82 Å². The molecule has 0 fully saturated rings. The van der Waals surface area contributed by atoms with Gasteiger partial charge < -0.3 is 14.2 Å². The molecule has 0 bridgehead atoms. The molecule has 6 heteroatoms. The summed E-state index contributed by atoms with van der Waals surface area (Å²) >= 11 is 0. The van der Waals surface area contributed by atoms with Crippen molar-refractivity contribution < 1.29 is 23.4 Å². The first kappa shape index (κ1) is 16.2. The van der Waals surface area contributed by atoms with Gasteiger partial charge in [-0.1, -0.05) is 14.6 Å². The lowest BCUT2D eigenvalue weighted by molar-refractivity contribution is 0.112. The Hall–Kier alpha value is -2.13. The number of hydrogen-bond acceptors (Lipinski definition) is 4. The largest absolute Gasteiger partial charge is 0.497 e. The van der Waals surface area contributed by atoms with Gasteiger partial charge in [-0.3, -0.25) is 4.79 Å². The summed E-state index contributed by atoms with van der Waals surface area (Å²) in [5.74, 6) is 1.29. The molecule has 2 aromatic carbocycles. The van der Waals surface area contributed by atoms with E-state index in [9.17, 15) is 9.18 Å². The van der Waals surface area contributed by atoms with Crippen LogP contribution in [0.4, 0.5) is 4.39 Å². The number of halogens is 1. The standard InChI is InChI=1S/C16H16FO4P/c1-19-12-7-13(20-2)16(21-3)15(8-12)22-14-5-4-11(17)6-10(14)9-18/h4-9,22H,1-3H3. The molecule has 0 radical (unpaired) electrons. The van der Waals surface area contributed by atoms with Gasteiger partial charge in [-0.05, 0) is 23.5 Å². The van der Waals surface area contributed by atoms with Crippen LogP contribution in [0.2, 0.25) is 0 Å². The monoisotopic (exact) mass is 322 g/mol. The zero-order valence-electron chi connectivity index (χ0n) is 12.5. The van der Waals surface area contributed by atoms with Gasteiger partial charge in [0.1, 0.15) is 11.6 Å². The van der Waals surface area contributed by atoms with Gasteiger partial charge in [-0.2, -0.15) is 0 Å².